The fourth-order valence-electron chi connectivity index (χ4n) is 3.47. The molecule has 0 radical (unpaired) electrons. The highest BCUT2D eigenvalue weighted by Gasteiger charge is 2.26. The summed E-state index contributed by atoms with van der Waals surface area (Å²) < 4.78 is 5.28. The Bertz CT molecular complexity index is 795. The number of ether oxygens (including phenoxy) is 1. The molecule has 1 aliphatic rings. The number of likely N-dealkylation sites (tertiary alicyclic amines) is 1. The van der Waals surface area contributed by atoms with Crippen LogP contribution in [0.25, 0.3) is 11.1 Å². The topological polar surface area (TPSA) is 58.6 Å². The summed E-state index contributed by atoms with van der Waals surface area (Å²) in [6.07, 6.45) is 3.50. The summed E-state index contributed by atoms with van der Waals surface area (Å²) in [7, 11) is 0. The van der Waals surface area contributed by atoms with Crippen LogP contribution in [0.2, 0.25) is 0 Å². The van der Waals surface area contributed by atoms with E-state index in [4.69, 9.17) is 4.74 Å². The predicted molar refractivity (Wildman–Crippen MR) is 109 cm³/mol. The molecular formula is C21H26N2O3S. The molecule has 1 saturated heterocycles. The molecule has 2 aromatic rings. The number of carbonyl (C=O) groups excluding carboxylic acids is 2. The largest absolute Gasteiger partial charge is 0.462 e. The first kappa shape index (κ1) is 19.6. The number of esters is 1. The second-order valence-corrected chi connectivity index (χ2v) is 7.93. The predicted octanol–water partition coefficient (Wildman–Crippen LogP) is 4.32. The van der Waals surface area contributed by atoms with Gasteiger partial charge in [0.25, 0.3) is 0 Å². The molecule has 1 amide bonds. The van der Waals surface area contributed by atoms with Gasteiger partial charge in [-0.2, -0.15) is 0 Å². The molecular weight excluding hydrogens is 360 g/mol. The lowest BCUT2D eigenvalue weighted by Crippen LogP contribution is -2.36. The molecule has 1 fully saturated rings. The summed E-state index contributed by atoms with van der Waals surface area (Å²) in [5, 5.41) is 3.54. The van der Waals surface area contributed by atoms with Crippen molar-refractivity contribution in [1.82, 2.24) is 4.90 Å². The molecule has 3 rings (SSSR count). The number of rotatable bonds is 6. The van der Waals surface area contributed by atoms with E-state index in [0.29, 0.717) is 23.7 Å². The van der Waals surface area contributed by atoms with E-state index in [-0.39, 0.29) is 5.91 Å². The third-order valence-electron chi connectivity index (χ3n) is 4.70. The summed E-state index contributed by atoms with van der Waals surface area (Å²) in [4.78, 5) is 28.4. The molecule has 0 bridgehead atoms. The van der Waals surface area contributed by atoms with Gasteiger partial charge in [-0.15, -0.1) is 11.3 Å². The Balaban J connectivity index is 1.87. The summed E-state index contributed by atoms with van der Waals surface area (Å²) in [5.41, 5.74) is 2.25. The van der Waals surface area contributed by atoms with E-state index in [1.165, 1.54) is 17.8 Å². The van der Waals surface area contributed by atoms with Gasteiger partial charge < -0.3 is 10.1 Å². The minimum absolute atomic E-state index is 0.0803. The van der Waals surface area contributed by atoms with Gasteiger partial charge in [-0.3, -0.25) is 9.69 Å². The van der Waals surface area contributed by atoms with Crippen LogP contribution in [0.4, 0.5) is 5.00 Å². The van der Waals surface area contributed by atoms with Crippen molar-refractivity contribution in [3.8, 4) is 11.1 Å². The lowest BCUT2D eigenvalue weighted by atomic mass is 10.0. The van der Waals surface area contributed by atoms with Crippen LogP contribution >= 0.6 is 11.3 Å². The van der Waals surface area contributed by atoms with Crippen molar-refractivity contribution < 1.29 is 14.3 Å². The Labute approximate surface area is 164 Å². The van der Waals surface area contributed by atoms with E-state index < -0.39 is 5.97 Å². The van der Waals surface area contributed by atoms with Gasteiger partial charge in [0.15, 0.2) is 0 Å². The Kier molecular flexibility index (Phi) is 6.63. The number of anilines is 1. The minimum atomic E-state index is -0.394. The molecule has 1 aliphatic heterocycles. The molecule has 0 spiro atoms. The normalized spacial score (nSPS) is 14.7. The highest BCUT2D eigenvalue weighted by atomic mass is 32.1. The van der Waals surface area contributed by atoms with Gasteiger partial charge in [-0.25, -0.2) is 4.79 Å². The molecule has 0 atom stereocenters. The van der Waals surface area contributed by atoms with Crippen molar-refractivity contribution in [2.45, 2.75) is 33.1 Å². The van der Waals surface area contributed by atoms with Crippen molar-refractivity contribution in [3.05, 3.63) is 40.8 Å². The number of aryl methyl sites for hydroxylation is 1. The molecule has 1 N–H and O–H groups in total. The van der Waals surface area contributed by atoms with Crippen molar-refractivity contribution in [1.29, 1.82) is 0 Å². The lowest BCUT2D eigenvalue weighted by molar-refractivity contribution is -0.117. The molecule has 1 aromatic carbocycles. The molecule has 0 saturated carbocycles. The maximum Gasteiger partial charge on any atom is 0.341 e. The third-order valence-corrected chi connectivity index (χ3v) is 5.72. The smallest absolute Gasteiger partial charge is 0.341 e. The van der Waals surface area contributed by atoms with Gasteiger partial charge in [0.05, 0.1) is 13.2 Å². The zero-order valence-corrected chi connectivity index (χ0v) is 16.7. The monoisotopic (exact) mass is 386 g/mol. The van der Waals surface area contributed by atoms with Gasteiger partial charge in [0, 0.05) is 10.4 Å². The fraction of sp³-hybridized carbons (Fsp3) is 0.429. The second kappa shape index (κ2) is 9.15. The first-order valence-corrected chi connectivity index (χ1v) is 10.3. The van der Waals surface area contributed by atoms with Gasteiger partial charge in [-0.05, 0) is 45.3 Å². The second-order valence-electron chi connectivity index (χ2n) is 6.71. The molecule has 6 heteroatoms. The highest BCUT2D eigenvalue weighted by Crippen LogP contribution is 2.40. The van der Waals surface area contributed by atoms with Crippen LogP contribution in [0.5, 0.6) is 0 Å². The average Bonchev–Trinajstić information content (AvgIpc) is 2.99. The Morgan fingerprint density at radius 1 is 1.15 bits per heavy atom. The van der Waals surface area contributed by atoms with Gasteiger partial charge in [0.2, 0.25) is 5.91 Å². The molecule has 0 aliphatic carbocycles. The minimum Gasteiger partial charge on any atom is -0.462 e. The maximum absolute atomic E-state index is 12.7. The van der Waals surface area contributed by atoms with Crippen molar-refractivity contribution >= 4 is 28.2 Å². The number of amides is 1. The van der Waals surface area contributed by atoms with Gasteiger partial charge in [0.1, 0.15) is 10.6 Å². The standard InChI is InChI=1S/C21H26N2O3S/c1-3-26-21(25)19-18(16-10-6-4-7-11-16)15(2)27-20(19)22-17(24)14-23-12-8-5-9-13-23/h4,6-7,10-11H,3,5,8-9,12-14H2,1-2H3,(H,22,24). The first-order chi connectivity index (χ1) is 13.1. The van der Waals surface area contributed by atoms with E-state index >= 15 is 0 Å². The van der Waals surface area contributed by atoms with Crippen LogP contribution in [-0.2, 0) is 9.53 Å². The molecule has 0 unspecified atom stereocenters. The van der Waals surface area contributed by atoms with Crippen molar-refractivity contribution in [3.63, 3.8) is 0 Å². The van der Waals surface area contributed by atoms with E-state index in [2.05, 4.69) is 10.2 Å². The third kappa shape index (κ3) is 4.76. The zero-order chi connectivity index (χ0) is 19.2. The van der Waals surface area contributed by atoms with Crippen molar-refractivity contribution in [2.24, 2.45) is 0 Å². The Morgan fingerprint density at radius 3 is 2.52 bits per heavy atom. The van der Waals surface area contributed by atoms with Crippen molar-refractivity contribution in [2.75, 3.05) is 31.6 Å². The highest BCUT2D eigenvalue weighted by molar-refractivity contribution is 7.17. The number of carbonyl (C=O) groups is 2. The van der Waals surface area contributed by atoms with Crippen LogP contribution in [0.3, 0.4) is 0 Å². The molecule has 27 heavy (non-hydrogen) atoms. The molecule has 144 valence electrons. The summed E-state index contributed by atoms with van der Waals surface area (Å²) >= 11 is 1.43. The molecule has 2 heterocycles. The number of nitrogens with one attached hydrogen (secondary N) is 1. The van der Waals surface area contributed by atoms with Crippen LogP contribution in [0.15, 0.2) is 30.3 Å². The Hall–Kier alpha value is -2.18. The van der Waals surface area contributed by atoms with E-state index in [9.17, 15) is 9.59 Å². The lowest BCUT2D eigenvalue weighted by Gasteiger charge is -2.25. The van der Waals surface area contributed by atoms with Gasteiger partial charge in [-0.1, -0.05) is 36.8 Å². The first-order valence-electron chi connectivity index (χ1n) is 9.48. The van der Waals surface area contributed by atoms with Crippen LogP contribution in [0.1, 0.15) is 41.4 Å². The number of piperidine rings is 1. The van der Waals surface area contributed by atoms with Gasteiger partial charge >= 0.3 is 5.97 Å². The van der Waals surface area contributed by atoms with Crippen LogP contribution < -0.4 is 5.32 Å². The molecule has 1 aromatic heterocycles. The maximum atomic E-state index is 12.7. The number of benzene rings is 1. The number of hydrogen-bond donors (Lipinski definition) is 1. The zero-order valence-electron chi connectivity index (χ0n) is 15.9. The summed E-state index contributed by atoms with van der Waals surface area (Å²) in [6, 6.07) is 9.76. The summed E-state index contributed by atoms with van der Waals surface area (Å²) in [6.45, 7) is 6.32. The summed E-state index contributed by atoms with van der Waals surface area (Å²) in [5.74, 6) is -0.475. The fourth-order valence-corrected chi connectivity index (χ4v) is 4.55. The number of hydrogen-bond acceptors (Lipinski definition) is 5. The average molecular weight is 387 g/mol. The number of nitrogens with zero attached hydrogens (tertiary/aromatic N) is 1. The number of thiophene rings is 1. The van der Waals surface area contributed by atoms with E-state index in [0.717, 1.165) is 41.9 Å². The molecule has 5 nitrogen and oxygen atoms in total. The quantitative estimate of drug-likeness (QED) is 0.751. The Morgan fingerprint density at radius 2 is 1.85 bits per heavy atom. The van der Waals surface area contributed by atoms with E-state index in [1.807, 2.05) is 37.3 Å². The van der Waals surface area contributed by atoms with Crippen LogP contribution in [-0.4, -0.2) is 43.0 Å². The van der Waals surface area contributed by atoms with E-state index in [1.54, 1.807) is 6.92 Å². The SMILES string of the molecule is CCOC(=O)c1c(NC(=O)CN2CCCCC2)sc(C)c1-c1ccccc1. The van der Waals surface area contributed by atoms with Crippen LogP contribution in [0, 0.1) is 6.92 Å².